The van der Waals surface area contributed by atoms with E-state index in [-0.39, 0.29) is 11.9 Å². The van der Waals surface area contributed by atoms with Gasteiger partial charge in [-0.3, -0.25) is 4.79 Å². The van der Waals surface area contributed by atoms with Gasteiger partial charge in [0, 0.05) is 11.3 Å². The van der Waals surface area contributed by atoms with Crippen LogP contribution in [0.5, 0.6) is 5.75 Å². The van der Waals surface area contributed by atoms with Gasteiger partial charge in [-0.05, 0) is 43.2 Å². The summed E-state index contributed by atoms with van der Waals surface area (Å²) in [5.41, 5.74) is 5.42. The molecular weight excluding hydrogens is 398 g/mol. The summed E-state index contributed by atoms with van der Waals surface area (Å²) in [7, 11) is 1.63. The first kappa shape index (κ1) is 21.9. The van der Waals surface area contributed by atoms with Gasteiger partial charge >= 0.3 is 0 Å². The quantitative estimate of drug-likeness (QED) is 0.630. The number of aryl methyl sites for hydroxylation is 2. The van der Waals surface area contributed by atoms with Crippen LogP contribution >= 0.6 is 0 Å². The third kappa shape index (κ3) is 4.78. The molecule has 1 aliphatic rings. The Morgan fingerprint density at radius 3 is 2.34 bits per heavy atom. The van der Waals surface area contributed by atoms with Crippen molar-refractivity contribution in [2.75, 3.05) is 43.5 Å². The number of methoxy groups -OCH3 is 1. The van der Waals surface area contributed by atoms with Crippen LogP contribution in [-0.4, -0.2) is 39.2 Å². The van der Waals surface area contributed by atoms with Crippen LogP contribution in [0.4, 0.5) is 11.4 Å². The van der Waals surface area contributed by atoms with E-state index >= 15 is 0 Å². The molecule has 0 unspecified atom stereocenters. The standard InChI is InChI=1S/C27H31N3O2/c1-20-13-14-25(32-3)23(19-20)28-27(31)26(22-10-5-4-6-11-22)30-17-15-29(16-18-30)24-12-8-7-9-21(24)2/h4-14,19,26H,15-18H2,1-3H3,(H,28,31)/p+1/t26-/m0/s1. The normalized spacial score (nSPS) is 15.3. The second kappa shape index (κ2) is 9.88. The molecule has 1 fully saturated rings. The Morgan fingerprint density at radius 1 is 0.969 bits per heavy atom. The summed E-state index contributed by atoms with van der Waals surface area (Å²) in [6.07, 6.45) is 0. The molecule has 5 heteroatoms. The van der Waals surface area contributed by atoms with Crippen LogP contribution in [0.25, 0.3) is 0 Å². The number of carbonyl (C=O) groups excluding carboxylic acids is 1. The lowest BCUT2D eigenvalue weighted by molar-refractivity contribution is -0.922. The maximum Gasteiger partial charge on any atom is 0.287 e. The van der Waals surface area contributed by atoms with Gasteiger partial charge in [-0.15, -0.1) is 0 Å². The Labute approximate surface area is 190 Å². The van der Waals surface area contributed by atoms with Crippen LogP contribution in [0.2, 0.25) is 0 Å². The molecule has 1 heterocycles. The van der Waals surface area contributed by atoms with Crippen molar-refractivity contribution in [1.82, 2.24) is 0 Å². The van der Waals surface area contributed by atoms with Crippen molar-refractivity contribution in [3.8, 4) is 5.75 Å². The first-order valence-corrected chi connectivity index (χ1v) is 11.2. The molecule has 3 aromatic rings. The molecule has 1 atom stereocenters. The third-order valence-corrected chi connectivity index (χ3v) is 6.28. The van der Waals surface area contributed by atoms with E-state index in [2.05, 4.69) is 53.5 Å². The molecule has 32 heavy (non-hydrogen) atoms. The van der Waals surface area contributed by atoms with Crippen LogP contribution in [-0.2, 0) is 4.79 Å². The van der Waals surface area contributed by atoms with E-state index in [1.54, 1.807) is 7.11 Å². The van der Waals surface area contributed by atoms with Crippen molar-refractivity contribution in [3.63, 3.8) is 0 Å². The fraction of sp³-hybridized carbons (Fsp3) is 0.296. The highest BCUT2D eigenvalue weighted by molar-refractivity contribution is 5.96. The smallest absolute Gasteiger partial charge is 0.287 e. The monoisotopic (exact) mass is 430 g/mol. The number of benzene rings is 3. The molecule has 1 saturated heterocycles. The number of hydrogen-bond donors (Lipinski definition) is 2. The first-order chi connectivity index (χ1) is 15.6. The van der Waals surface area contributed by atoms with Crippen LogP contribution in [0.3, 0.4) is 0 Å². The molecule has 0 bridgehead atoms. The van der Waals surface area contributed by atoms with E-state index in [4.69, 9.17) is 4.74 Å². The van der Waals surface area contributed by atoms with Gasteiger partial charge in [-0.1, -0.05) is 54.6 Å². The largest absolute Gasteiger partial charge is 0.495 e. The predicted molar refractivity (Wildman–Crippen MR) is 130 cm³/mol. The summed E-state index contributed by atoms with van der Waals surface area (Å²) in [6.45, 7) is 7.80. The van der Waals surface area contributed by atoms with Gasteiger partial charge in [0.2, 0.25) is 0 Å². The first-order valence-electron chi connectivity index (χ1n) is 11.2. The van der Waals surface area contributed by atoms with Gasteiger partial charge in [0.1, 0.15) is 5.75 Å². The molecule has 0 radical (unpaired) electrons. The number of amides is 1. The maximum atomic E-state index is 13.6. The van der Waals surface area contributed by atoms with Gasteiger partial charge in [0.25, 0.3) is 5.91 Å². The van der Waals surface area contributed by atoms with E-state index < -0.39 is 0 Å². The summed E-state index contributed by atoms with van der Waals surface area (Å²) in [5, 5.41) is 3.15. The minimum Gasteiger partial charge on any atom is -0.495 e. The Bertz CT molecular complexity index is 1060. The molecule has 0 spiro atoms. The van der Waals surface area contributed by atoms with E-state index in [1.165, 1.54) is 16.2 Å². The highest BCUT2D eigenvalue weighted by Gasteiger charge is 2.34. The number of anilines is 2. The summed E-state index contributed by atoms with van der Waals surface area (Å²) in [6, 6.07) is 24.2. The number of rotatable bonds is 6. The molecule has 4 rings (SSSR count). The fourth-order valence-electron chi connectivity index (χ4n) is 4.58. The zero-order valence-corrected chi connectivity index (χ0v) is 19.1. The fourth-order valence-corrected chi connectivity index (χ4v) is 4.58. The van der Waals surface area contributed by atoms with E-state index in [9.17, 15) is 4.79 Å². The summed E-state index contributed by atoms with van der Waals surface area (Å²) >= 11 is 0. The zero-order valence-electron chi connectivity index (χ0n) is 19.1. The minimum absolute atomic E-state index is 0.000517. The van der Waals surface area contributed by atoms with Gasteiger partial charge in [-0.25, -0.2) is 0 Å². The van der Waals surface area contributed by atoms with Crippen LogP contribution < -0.4 is 19.9 Å². The molecular formula is C27H32N3O2+. The number of hydrogen-bond acceptors (Lipinski definition) is 3. The predicted octanol–water partition coefficient (Wildman–Crippen LogP) is 3.40. The highest BCUT2D eigenvalue weighted by Crippen LogP contribution is 2.26. The zero-order chi connectivity index (χ0) is 22.5. The lowest BCUT2D eigenvalue weighted by Crippen LogP contribution is -3.16. The minimum atomic E-state index is -0.277. The molecule has 166 valence electrons. The second-order valence-electron chi connectivity index (χ2n) is 8.47. The number of piperazine rings is 1. The second-order valence-corrected chi connectivity index (χ2v) is 8.47. The van der Waals surface area contributed by atoms with E-state index in [0.717, 1.165) is 43.0 Å². The van der Waals surface area contributed by atoms with Gasteiger partial charge in [0.05, 0.1) is 39.0 Å². The number of nitrogens with zero attached hydrogens (tertiary/aromatic N) is 1. The third-order valence-electron chi connectivity index (χ3n) is 6.28. The van der Waals surface area contributed by atoms with Crippen molar-refractivity contribution in [1.29, 1.82) is 0 Å². The number of para-hydroxylation sites is 1. The average Bonchev–Trinajstić information content (AvgIpc) is 2.81. The summed E-state index contributed by atoms with van der Waals surface area (Å²) in [5.74, 6) is 0.676. The van der Waals surface area contributed by atoms with E-state index in [0.29, 0.717) is 5.75 Å². The number of nitrogens with one attached hydrogen (secondary N) is 2. The SMILES string of the molecule is COc1ccc(C)cc1NC(=O)[C@H](c1ccccc1)[NH+]1CCN(c2ccccc2C)CC1. The van der Waals surface area contributed by atoms with Crippen molar-refractivity contribution in [3.05, 3.63) is 89.5 Å². The molecule has 0 aliphatic carbocycles. The highest BCUT2D eigenvalue weighted by atomic mass is 16.5. The molecule has 5 nitrogen and oxygen atoms in total. The lowest BCUT2D eigenvalue weighted by atomic mass is 10.0. The topological polar surface area (TPSA) is 46.0 Å². The summed E-state index contributed by atoms with van der Waals surface area (Å²) < 4.78 is 5.48. The van der Waals surface area contributed by atoms with Gasteiger partial charge < -0.3 is 19.9 Å². The Morgan fingerprint density at radius 2 is 1.66 bits per heavy atom. The van der Waals surface area contributed by atoms with Gasteiger partial charge in [-0.2, -0.15) is 0 Å². The van der Waals surface area contributed by atoms with E-state index in [1.807, 2.05) is 43.3 Å². The van der Waals surface area contributed by atoms with Gasteiger partial charge in [0.15, 0.2) is 6.04 Å². The van der Waals surface area contributed by atoms with Crippen LogP contribution in [0, 0.1) is 13.8 Å². The maximum absolute atomic E-state index is 13.6. The molecule has 1 aliphatic heterocycles. The Hall–Kier alpha value is -3.31. The molecule has 2 N–H and O–H groups in total. The molecule has 1 amide bonds. The number of ether oxygens (including phenoxy) is 1. The van der Waals surface area contributed by atoms with Crippen molar-refractivity contribution in [2.24, 2.45) is 0 Å². The Kier molecular flexibility index (Phi) is 6.76. The summed E-state index contributed by atoms with van der Waals surface area (Å²) in [4.78, 5) is 17.3. The van der Waals surface area contributed by atoms with Crippen molar-refractivity contribution < 1.29 is 14.4 Å². The molecule has 3 aromatic carbocycles. The Balaban J connectivity index is 1.55. The number of quaternary nitrogens is 1. The van der Waals surface area contributed by atoms with Crippen LogP contribution in [0.15, 0.2) is 72.8 Å². The average molecular weight is 431 g/mol. The lowest BCUT2D eigenvalue weighted by Gasteiger charge is -2.37. The van der Waals surface area contributed by atoms with Crippen molar-refractivity contribution >= 4 is 17.3 Å². The molecule has 0 saturated carbocycles. The molecule has 0 aromatic heterocycles. The van der Waals surface area contributed by atoms with Crippen LogP contribution in [0.1, 0.15) is 22.7 Å². The number of carbonyl (C=O) groups is 1. The van der Waals surface area contributed by atoms with Crippen molar-refractivity contribution in [2.45, 2.75) is 19.9 Å².